The van der Waals surface area contributed by atoms with Crippen LogP contribution in [-0.4, -0.2) is 9.91 Å². The van der Waals surface area contributed by atoms with Gasteiger partial charge in [-0.15, -0.1) is 0 Å². The number of hydrogen-bond acceptors (Lipinski definition) is 2. The first-order valence-corrected chi connectivity index (χ1v) is 4.10. The Morgan fingerprint density at radius 3 is 2.86 bits per heavy atom. The predicted molar refractivity (Wildman–Crippen MR) is 55.0 cm³/mol. The zero-order valence-corrected chi connectivity index (χ0v) is 7.36. The zero-order valence-electron chi connectivity index (χ0n) is 7.36. The number of aromatic nitrogens is 1. The first kappa shape index (κ1) is 8.50. The van der Waals surface area contributed by atoms with Gasteiger partial charge in [-0.1, -0.05) is 6.58 Å². The summed E-state index contributed by atoms with van der Waals surface area (Å²) in [6.07, 6.45) is 1.67. The highest BCUT2D eigenvalue weighted by atomic mass is 16.6. The second-order valence-corrected chi connectivity index (χ2v) is 2.96. The van der Waals surface area contributed by atoms with Gasteiger partial charge in [0.1, 0.15) is 0 Å². The third-order valence-electron chi connectivity index (χ3n) is 2.06. The topological polar surface area (TPSA) is 58.9 Å². The maximum Gasteiger partial charge on any atom is 0.270 e. The van der Waals surface area contributed by atoms with Gasteiger partial charge >= 0.3 is 0 Å². The average Bonchev–Trinajstić information content (AvgIpc) is 2.58. The lowest BCUT2D eigenvalue weighted by atomic mass is 10.2. The number of nitrogens with zero attached hydrogens (tertiary/aromatic N) is 1. The van der Waals surface area contributed by atoms with Crippen LogP contribution < -0.4 is 0 Å². The van der Waals surface area contributed by atoms with Gasteiger partial charge in [-0.3, -0.25) is 10.1 Å². The van der Waals surface area contributed by atoms with Gasteiger partial charge < -0.3 is 4.98 Å². The van der Waals surface area contributed by atoms with Crippen molar-refractivity contribution in [2.45, 2.75) is 0 Å². The highest BCUT2D eigenvalue weighted by Gasteiger charge is 2.06. The third-order valence-corrected chi connectivity index (χ3v) is 2.06. The van der Waals surface area contributed by atoms with Gasteiger partial charge in [0.05, 0.1) is 4.92 Å². The standard InChI is InChI=1S/C10H8N2O2/c1-2-8-5-7-6-9(12(13)14)3-4-10(7)11-8/h2-6,11H,1H2. The molecule has 4 heteroatoms. The second kappa shape index (κ2) is 2.99. The third kappa shape index (κ3) is 1.26. The number of benzene rings is 1. The molecule has 0 fully saturated rings. The molecule has 0 saturated carbocycles. The van der Waals surface area contributed by atoms with E-state index < -0.39 is 4.92 Å². The molecule has 0 aliphatic rings. The molecule has 2 rings (SSSR count). The molecule has 0 saturated heterocycles. The molecule has 0 radical (unpaired) electrons. The molecule has 70 valence electrons. The second-order valence-electron chi connectivity index (χ2n) is 2.96. The molecule has 0 unspecified atom stereocenters. The molecule has 14 heavy (non-hydrogen) atoms. The van der Waals surface area contributed by atoms with Gasteiger partial charge in [0.2, 0.25) is 0 Å². The molecule has 1 heterocycles. The molecule has 1 aromatic heterocycles. The minimum absolute atomic E-state index is 0.104. The first-order valence-electron chi connectivity index (χ1n) is 4.10. The van der Waals surface area contributed by atoms with Crippen molar-refractivity contribution in [1.82, 2.24) is 4.98 Å². The fourth-order valence-corrected chi connectivity index (χ4v) is 1.37. The van der Waals surface area contributed by atoms with Crippen molar-refractivity contribution in [1.29, 1.82) is 0 Å². The van der Waals surface area contributed by atoms with Crippen molar-refractivity contribution in [3.8, 4) is 0 Å². The van der Waals surface area contributed by atoms with Crippen LogP contribution in [0, 0.1) is 10.1 Å². The van der Waals surface area contributed by atoms with Crippen LogP contribution in [0.15, 0.2) is 30.8 Å². The molecule has 2 aromatic rings. The summed E-state index contributed by atoms with van der Waals surface area (Å²) in [5, 5.41) is 11.3. The maximum absolute atomic E-state index is 10.5. The summed E-state index contributed by atoms with van der Waals surface area (Å²) in [4.78, 5) is 13.2. The number of rotatable bonds is 2. The highest BCUT2D eigenvalue weighted by Crippen LogP contribution is 2.21. The lowest BCUT2D eigenvalue weighted by molar-refractivity contribution is -0.384. The Labute approximate surface area is 80.0 Å². The predicted octanol–water partition coefficient (Wildman–Crippen LogP) is 2.72. The Kier molecular flexibility index (Phi) is 1.81. The van der Waals surface area contributed by atoms with Crippen LogP contribution in [0.3, 0.4) is 0 Å². The van der Waals surface area contributed by atoms with E-state index in [1.807, 2.05) is 6.07 Å². The highest BCUT2D eigenvalue weighted by molar-refractivity contribution is 5.84. The van der Waals surface area contributed by atoms with E-state index in [9.17, 15) is 10.1 Å². The Hall–Kier alpha value is -2.10. The normalized spacial score (nSPS) is 10.3. The van der Waals surface area contributed by atoms with E-state index in [4.69, 9.17) is 0 Å². The number of hydrogen-bond donors (Lipinski definition) is 1. The van der Waals surface area contributed by atoms with Gasteiger partial charge in [-0.2, -0.15) is 0 Å². The summed E-state index contributed by atoms with van der Waals surface area (Å²) in [7, 11) is 0. The lowest BCUT2D eigenvalue weighted by Gasteiger charge is -1.90. The van der Waals surface area contributed by atoms with Crippen molar-refractivity contribution in [3.63, 3.8) is 0 Å². The van der Waals surface area contributed by atoms with E-state index in [-0.39, 0.29) is 5.69 Å². The smallest absolute Gasteiger partial charge is 0.270 e. The lowest BCUT2D eigenvalue weighted by Crippen LogP contribution is -1.86. The summed E-state index contributed by atoms with van der Waals surface area (Å²) < 4.78 is 0. The SMILES string of the molecule is C=Cc1cc2cc([N+](=O)[O-])ccc2[nH]1. The van der Waals surface area contributed by atoms with E-state index in [0.717, 1.165) is 16.6 Å². The van der Waals surface area contributed by atoms with E-state index in [2.05, 4.69) is 11.6 Å². The van der Waals surface area contributed by atoms with Crippen LogP contribution in [0.2, 0.25) is 0 Å². The number of fused-ring (bicyclic) bond motifs is 1. The van der Waals surface area contributed by atoms with Crippen molar-refractivity contribution < 1.29 is 4.92 Å². The van der Waals surface area contributed by atoms with E-state index in [0.29, 0.717) is 0 Å². The van der Waals surface area contributed by atoms with Crippen LogP contribution in [0.25, 0.3) is 17.0 Å². The monoisotopic (exact) mass is 188 g/mol. The van der Waals surface area contributed by atoms with Gasteiger partial charge in [0, 0.05) is 28.7 Å². The number of non-ortho nitro benzene ring substituents is 1. The molecule has 4 nitrogen and oxygen atoms in total. The van der Waals surface area contributed by atoms with Crippen LogP contribution in [0.1, 0.15) is 5.69 Å². The van der Waals surface area contributed by atoms with Crippen molar-refractivity contribution >= 4 is 22.7 Å². The van der Waals surface area contributed by atoms with Gasteiger partial charge in [0.25, 0.3) is 5.69 Å². The molecule has 0 spiro atoms. The van der Waals surface area contributed by atoms with Crippen molar-refractivity contribution in [2.75, 3.05) is 0 Å². The number of nitrogens with one attached hydrogen (secondary N) is 1. The number of nitro groups is 1. The fraction of sp³-hybridized carbons (Fsp3) is 0. The molecule has 0 amide bonds. The number of H-pyrrole nitrogens is 1. The van der Waals surface area contributed by atoms with Gasteiger partial charge in [0.15, 0.2) is 0 Å². The van der Waals surface area contributed by atoms with E-state index in [1.165, 1.54) is 6.07 Å². The Balaban J connectivity index is 2.65. The fourth-order valence-electron chi connectivity index (χ4n) is 1.37. The molecule has 0 atom stereocenters. The maximum atomic E-state index is 10.5. The summed E-state index contributed by atoms with van der Waals surface area (Å²) in [6, 6.07) is 6.54. The number of aromatic amines is 1. The summed E-state index contributed by atoms with van der Waals surface area (Å²) in [5.41, 5.74) is 1.85. The van der Waals surface area contributed by atoms with Crippen molar-refractivity contribution in [3.05, 3.63) is 46.7 Å². The number of nitro benzene ring substituents is 1. The molecule has 1 N–H and O–H groups in total. The van der Waals surface area contributed by atoms with Crippen LogP contribution in [-0.2, 0) is 0 Å². The first-order chi connectivity index (χ1) is 6.70. The molecule has 0 bridgehead atoms. The summed E-state index contributed by atoms with van der Waals surface area (Å²) in [6.45, 7) is 3.62. The molecular weight excluding hydrogens is 180 g/mol. The van der Waals surface area contributed by atoms with Crippen LogP contribution in [0.4, 0.5) is 5.69 Å². The minimum Gasteiger partial charge on any atom is -0.355 e. The zero-order chi connectivity index (χ0) is 10.1. The molecular formula is C10H8N2O2. The minimum atomic E-state index is -0.403. The largest absolute Gasteiger partial charge is 0.355 e. The van der Waals surface area contributed by atoms with E-state index >= 15 is 0 Å². The van der Waals surface area contributed by atoms with Gasteiger partial charge in [-0.05, 0) is 18.2 Å². The van der Waals surface area contributed by atoms with Crippen LogP contribution in [0.5, 0.6) is 0 Å². The average molecular weight is 188 g/mol. The van der Waals surface area contributed by atoms with Crippen molar-refractivity contribution in [2.24, 2.45) is 0 Å². The quantitative estimate of drug-likeness (QED) is 0.581. The Bertz CT molecular complexity index is 514. The van der Waals surface area contributed by atoms with Gasteiger partial charge in [-0.25, -0.2) is 0 Å². The molecule has 1 aromatic carbocycles. The van der Waals surface area contributed by atoms with Crippen LogP contribution >= 0.6 is 0 Å². The molecule has 0 aliphatic heterocycles. The summed E-state index contributed by atoms with van der Waals surface area (Å²) in [5.74, 6) is 0. The van der Waals surface area contributed by atoms with E-state index in [1.54, 1.807) is 18.2 Å². The molecule has 0 aliphatic carbocycles. The Morgan fingerprint density at radius 1 is 1.43 bits per heavy atom. The summed E-state index contributed by atoms with van der Waals surface area (Å²) >= 11 is 0. The Morgan fingerprint density at radius 2 is 2.21 bits per heavy atom.